The van der Waals surface area contributed by atoms with Crippen molar-refractivity contribution in [2.75, 3.05) is 21.3 Å². The molecule has 24 heavy (non-hydrogen) atoms. The van der Waals surface area contributed by atoms with Crippen LogP contribution in [0.2, 0.25) is 0 Å². The minimum atomic E-state index is -0.327. The number of fused-ring (bicyclic) bond motifs is 1. The highest BCUT2D eigenvalue weighted by Crippen LogP contribution is 2.45. The number of hydrogen-bond donors (Lipinski definition) is 1. The summed E-state index contributed by atoms with van der Waals surface area (Å²) in [6.45, 7) is 0. The zero-order valence-corrected chi connectivity index (χ0v) is 13.7. The van der Waals surface area contributed by atoms with Gasteiger partial charge in [-0.3, -0.25) is 4.79 Å². The van der Waals surface area contributed by atoms with Gasteiger partial charge in [0.05, 0.1) is 27.8 Å². The molecule has 0 aromatic heterocycles. The van der Waals surface area contributed by atoms with Crippen LogP contribution in [0.4, 0.5) is 0 Å². The third kappa shape index (κ3) is 2.71. The molecule has 1 heterocycles. The molecule has 1 aliphatic rings. The summed E-state index contributed by atoms with van der Waals surface area (Å²) >= 11 is 0. The number of aromatic hydroxyl groups is 1. The van der Waals surface area contributed by atoms with Crippen molar-refractivity contribution in [3.8, 4) is 28.7 Å². The van der Waals surface area contributed by atoms with E-state index in [1.165, 1.54) is 27.4 Å². The van der Waals surface area contributed by atoms with Gasteiger partial charge in [-0.2, -0.15) is 0 Å². The maximum absolute atomic E-state index is 12.0. The van der Waals surface area contributed by atoms with Gasteiger partial charge in [0.15, 0.2) is 11.5 Å². The van der Waals surface area contributed by atoms with Crippen molar-refractivity contribution in [1.29, 1.82) is 0 Å². The largest absolute Gasteiger partial charge is 0.508 e. The van der Waals surface area contributed by atoms with Crippen LogP contribution in [0.15, 0.2) is 30.3 Å². The number of carbonyl (C=O) groups excluding carboxylic acids is 1. The highest BCUT2D eigenvalue weighted by atomic mass is 16.5. The topological polar surface area (TPSA) is 74.2 Å². The zero-order chi connectivity index (χ0) is 17.3. The lowest BCUT2D eigenvalue weighted by Crippen LogP contribution is -2.21. The summed E-state index contributed by atoms with van der Waals surface area (Å²) in [7, 11) is 4.61. The summed E-state index contributed by atoms with van der Waals surface area (Å²) in [6, 6.07) is 8.29. The van der Waals surface area contributed by atoms with Gasteiger partial charge >= 0.3 is 5.97 Å². The van der Waals surface area contributed by atoms with E-state index < -0.39 is 0 Å². The molecule has 0 fully saturated rings. The van der Waals surface area contributed by atoms with Crippen molar-refractivity contribution in [2.24, 2.45) is 0 Å². The number of benzene rings is 2. The molecule has 126 valence electrons. The Balaban J connectivity index is 2.15. The molecule has 0 saturated carbocycles. The van der Waals surface area contributed by atoms with E-state index in [1.54, 1.807) is 24.3 Å². The Morgan fingerprint density at radius 1 is 1.04 bits per heavy atom. The molecule has 1 unspecified atom stereocenters. The summed E-state index contributed by atoms with van der Waals surface area (Å²) in [5.41, 5.74) is 1.55. The Morgan fingerprint density at radius 3 is 2.29 bits per heavy atom. The van der Waals surface area contributed by atoms with Gasteiger partial charge in [-0.15, -0.1) is 0 Å². The fourth-order valence-electron chi connectivity index (χ4n) is 2.94. The van der Waals surface area contributed by atoms with E-state index in [2.05, 4.69) is 0 Å². The van der Waals surface area contributed by atoms with E-state index in [0.29, 0.717) is 23.0 Å². The van der Waals surface area contributed by atoms with Gasteiger partial charge in [0.25, 0.3) is 0 Å². The predicted octanol–water partition coefficient (Wildman–Crippen LogP) is 2.86. The average Bonchev–Trinajstić information content (AvgIpc) is 2.60. The molecular formula is C18H18O6. The first-order chi connectivity index (χ1) is 11.6. The van der Waals surface area contributed by atoms with Crippen LogP contribution in [0.3, 0.4) is 0 Å². The molecule has 0 amide bonds. The Hall–Kier alpha value is -2.89. The van der Waals surface area contributed by atoms with E-state index in [1.807, 2.05) is 0 Å². The summed E-state index contributed by atoms with van der Waals surface area (Å²) in [6.07, 6.45) is 0.162. The van der Waals surface area contributed by atoms with Gasteiger partial charge in [-0.1, -0.05) is 0 Å². The number of rotatable bonds is 4. The van der Waals surface area contributed by atoms with Gasteiger partial charge in [0.2, 0.25) is 5.75 Å². The van der Waals surface area contributed by atoms with Crippen molar-refractivity contribution in [3.05, 3.63) is 41.5 Å². The smallest absolute Gasteiger partial charge is 0.312 e. The molecule has 1 aliphatic heterocycles. The molecular weight excluding hydrogens is 312 g/mol. The number of esters is 1. The first-order valence-corrected chi connectivity index (χ1v) is 7.40. The second-order valence-corrected chi connectivity index (χ2v) is 5.41. The molecule has 0 bridgehead atoms. The van der Waals surface area contributed by atoms with Crippen molar-refractivity contribution in [2.45, 2.75) is 12.3 Å². The van der Waals surface area contributed by atoms with Crippen LogP contribution < -0.4 is 18.9 Å². The lowest BCUT2D eigenvalue weighted by molar-refractivity contribution is -0.135. The molecule has 2 aromatic carbocycles. The normalized spacial score (nSPS) is 16.1. The van der Waals surface area contributed by atoms with Gasteiger partial charge in [0.1, 0.15) is 11.5 Å². The minimum Gasteiger partial charge on any atom is -0.508 e. The first-order valence-electron chi connectivity index (χ1n) is 7.40. The van der Waals surface area contributed by atoms with Crippen LogP contribution in [0.1, 0.15) is 23.5 Å². The Kier molecular flexibility index (Phi) is 4.20. The van der Waals surface area contributed by atoms with Crippen LogP contribution >= 0.6 is 0 Å². The number of phenolic OH excluding ortho intramolecular Hbond substituents is 1. The molecule has 0 saturated heterocycles. The second-order valence-electron chi connectivity index (χ2n) is 5.41. The van der Waals surface area contributed by atoms with E-state index in [-0.39, 0.29) is 24.1 Å². The van der Waals surface area contributed by atoms with Crippen LogP contribution in [0, 0.1) is 0 Å². The summed E-state index contributed by atoms with van der Waals surface area (Å²) in [5.74, 6) is 1.46. The van der Waals surface area contributed by atoms with Gasteiger partial charge < -0.3 is 24.1 Å². The van der Waals surface area contributed by atoms with Gasteiger partial charge in [-0.25, -0.2) is 0 Å². The zero-order valence-electron chi connectivity index (χ0n) is 13.7. The number of phenols is 1. The maximum atomic E-state index is 12.0. The highest BCUT2D eigenvalue weighted by molar-refractivity contribution is 5.78. The minimum absolute atomic E-state index is 0.115. The third-order valence-corrected chi connectivity index (χ3v) is 4.05. The van der Waals surface area contributed by atoms with Crippen molar-refractivity contribution < 1.29 is 28.8 Å². The van der Waals surface area contributed by atoms with E-state index in [0.717, 1.165) is 11.1 Å². The number of hydrogen-bond acceptors (Lipinski definition) is 6. The fraction of sp³-hybridized carbons (Fsp3) is 0.278. The van der Waals surface area contributed by atoms with E-state index in [4.69, 9.17) is 18.9 Å². The quantitative estimate of drug-likeness (QED) is 0.686. The van der Waals surface area contributed by atoms with Gasteiger partial charge in [0, 0.05) is 11.5 Å². The Morgan fingerprint density at radius 2 is 1.71 bits per heavy atom. The first kappa shape index (κ1) is 16.0. The molecule has 1 atom stereocenters. The molecule has 6 heteroatoms. The van der Waals surface area contributed by atoms with Crippen molar-refractivity contribution >= 4 is 5.97 Å². The SMILES string of the molecule is COc1cc(C2CC(=O)Oc3ccc(O)cc32)cc(OC)c1OC. The van der Waals surface area contributed by atoms with Crippen molar-refractivity contribution in [3.63, 3.8) is 0 Å². The van der Waals surface area contributed by atoms with Crippen LogP contribution in [0.25, 0.3) is 0 Å². The molecule has 1 N–H and O–H groups in total. The molecule has 3 rings (SSSR count). The molecule has 2 aromatic rings. The third-order valence-electron chi connectivity index (χ3n) is 4.05. The highest BCUT2D eigenvalue weighted by Gasteiger charge is 2.30. The summed E-state index contributed by atoms with van der Waals surface area (Å²) in [5, 5.41) is 9.79. The predicted molar refractivity (Wildman–Crippen MR) is 86.3 cm³/mol. The monoisotopic (exact) mass is 330 g/mol. The molecule has 0 radical (unpaired) electrons. The van der Waals surface area contributed by atoms with Crippen molar-refractivity contribution in [1.82, 2.24) is 0 Å². The number of ether oxygens (including phenoxy) is 4. The molecule has 0 aliphatic carbocycles. The Bertz CT molecular complexity index is 758. The number of methoxy groups -OCH3 is 3. The molecule has 0 spiro atoms. The lowest BCUT2D eigenvalue weighted by atomic mass is 9.86. The van der Waals surface area contributed by atoms with E-state index >= 15 is 0 Å². The van der Waals surface area contributed by atoms with Crippen LogP contribution in [-0.2, 0) is 4.79 Å². The fourth-order valence-corrected chi connectivity index (χ4v) is 2.94. The maximum Gasteiger partial charge on any atom is 0.312 e. The second kappa shape index (κ2) is 6.31. The van der Waals surface area contributed by atoms with Crippen LogP contribution in [0.5, 0.6) is 28.7 Å². The lowest BCUT2D eigenvalue weighted by Gasteiger charge is -2.26. The summed E-state index contributed by atoms with van der Waals surface area (Å²) in [4.78, 5) is 12.0. The number of carbonyl (C=O) groups is 1. The molecule has 6 nitrogen and oxygen atoms in total. The summed E-state index contributed by atoms with van der Waals surface area (Å²) < 4.78 is 21.3. The standard InChI is InChI=1S/C18H18O6/c1-21-15-6-10(7-16(22-2)18(15)23-3)12-9-17(20)24-14-5-4-11(19)8-13(12)14/h4-8,12,19H,9H2,1-3H3. The average molecular weight is 330 g/mol. The van der Waals surface area contributed by atoms with Gasteiger partial charge in [-0.05, 0) is 35.9 Å². The van der Waals surface area contributed by atoms with Crippen LogP contribution in [-0.4, -0.2) is 32.4 Å². The van der Waals surface area contributed by atoms with E-state index in [9.17, 15) is 9.90 Å². The Labute approximate surface area is 139 Å².